The van der Waals surface area contributed by atoms with Crippen LogP contribution in [0.3, 0.4) is 0 Å². The summed E-state index contributed by atoms with van der Waals surface area (Å²) in [7, 11) is 1.50. The number of piperazine rings is 1. The highest BCUT2D eigenvalue weighted by Gasteiger charge is 2.34. The monoisotopic (exact) mass is 588 g/mol. The van der Waals surface area contributed by atoms with Gasteiger partial charge in [0.25, 0.3) is 5.91 Å². The second-order valence-electron chi connectivity index (χ2n) is 10.1. The lowest BCUT2D eigenvalue weighted by molar-refractivity contribution is -0.137. The number of halogens is 3. The van der Waals surface area contributed by atoms with Crippen LogP contribution in [0.15, 0.2) is 73.3 Å². The van der Waals surface area contributed by atoms with Gasteiger partial charge in [-0.1, -0.05) is 12.1 Å². The maximum atomic E-state index is 13.5. The van der Waals surface area contributed by atoms with Gasteiger partial charge in [0.2, 0.25) is 0 Å². The fourth-order valence-electron chi connectivity index (χ4n) is 5.12. The number of rotatable bonds is 6. The van der Waals surface area contributed by atoms with E-state index in [4.69, 9.17) is 10.5 Å². The van der Waals surface area contributed by atoms with E-state index in [2.05, 4.69) is 25.0 Å². The minimum atomic E-state index is -4.65. The average Bonchev–Trinajstić information content (AvgIpc) is 3.44. The number of anilines is 1. The molecule has 13 heteroatoms. The third-order valence-electron chi connectivity index (χ3n) is 7.40. The SMILES string of the molecule is COc1cc(-c2cnc3ccc(-c4cnc(N)c(C(F)(F)F)c4)nn23)ccc1C(=O)N1CCN(Cc2cccnc2)CC1. The summed E-state index contributed by atoms with van der Waals surface area (Å²) >= 11 is 0. The zero-order chi connectivity index (χ0) is 30.1. The topological polar surface area (TPSA) is 115 Å². The quantitative estimate of drug-likeness (QED) is 0.310. The Labute approximate surface area is 244 Å². The van der Waals surface area contributed by atoms with E-state index in [-0.39, 0.29) is 17.2 Å². The molecule has 0 aliphatic carbocycles. The number of hydrogen-bond donors (Lipinski definition) is 1. The first-order valence-electron chi connectivity index (χ1n) is 13.5. The number of ether oxygens (including phenoxy) is 1. The second kappa shape index (κ2) is 11.3. The largest absolute Gasteiger partial charge is 0.496 e. The normalized spacial score (nSPS) is 14.3. The molecule has 1 amide bonds. The van der Waals surface area contributed by atoms with Gasteiger partial charge in [-0.15, -0.1) is 0 Å². The van der Waals surface area contributed by atoms with E-state index in [1.807, 2.05) is 23.2 Å². The molecule has 1 fully saturated rings. The number of nitrogens with two attached hydrogens (primary N) is 1. The Kier molecular flexibility index (Phi) is 7.40. The predicted molar refractivity (Wildman–Crippen MR) is 153 cm³/mol. The van der Waals surface area contributed by atoms with Crippen LogP contribution in [-0.4, -0.2) is 73.6 Å². The highest BCUT2D eigenvalue weighted by molar-refractivity contribution is 5.97. The van der Waals surface area contributed by atoms with Crippen LogP contribution in [0.5, 0.6) is 5.75 Å². The van der Waals surface area contributed by atoms with Crippen LogP contribution in [0.2, 0.25) is 0 Å². The summed E-state index contributed by atoms with van der Waals surface area (Å²) in [6.45, 7) is 3.43. The van der Waals surface area contributed by atoms with Crippen molar-refractivity contribution < 1.29 is 22.7 Å². The van der Waals surface area contributed by atoms with Crippen molar-refractivity contribution in [2.75, 3.05) is 39.0 Å². The van der Waals surface area contributed by atoms with Gasteiger partial charge in [0, 0.05) is 62.4 Å². The molecule has 220 valence electrons. The first-order chi connectivity index (χ1) is 20.7. The highest BCUT2D eigenvalue weighted by atomic mass is 19.4. The van der Waals surface area contributed by atoms with E-state index in [1.54, 1.807) is 42.7 Å². The Bertz CT molecular complexity index is 1780. The van der Waals surface area contributed by atoms with Crippen LogP contribution >= 0.6 is 0 Å². The summed E-state index contributed by atoms with van der Waals surface area (Å²) < 4.78 is 47.4. The molecule has 10 nitrogen and oxygen atoms in total. The zero-order valence-electron chi connectivity index (χ0n) is 23.1. The Morgan fingerprint density at radius 3 is 2.51 bits per heavy atom. The van der Waals surface area contributed by atoms with Gasteiger partial charge in [-0.25, -0.2) is 14.5 Å². The Morgan fingerprint density at radius 1 is 0.977 bits per heavy atom. The molecule has 43 heavy (non-hydrogen) atoms. The number of alkyl halides is 3. The summed E-state index contributed by atoms with van der Waals surface area (Å²) in [5.74, 6) is -0.336. The highest BCUT2D eigenvalue weighted by Crippen LogP contribution is 2.35. The van der Waals surface area contributed by atoms with Crippen molar-refractivity contribution in [2.45, 2.75) is 12.7 Å². The van der Waals surface area contributed by atoms with Crippen LogP contribution in [0.25, 0.3) is 28.2 Å². The molecule has 0 spiro atoms. The van der Waals surface area contributed by atoms with Crippen LogP contribution in [0, 0.1) is 0 Å². The van der Waals surface area contributed by atoms with Crippen LogP contribution < -0.4 is 10.5 Å². The third kappa shape index (κ3) is 5.71. The van der Waals surface area contributed by atoms with Gasteiger partial charge in [0.1, 0.15) is 11.6 Å². The predicted octanol–water partition coefficient (Wildman–Crippen LogP) is 4.42. The van der Waals surface area contributed by atoms with Gasteiger partial charge in [-0.3, -0.25) is 14.7 Å². The number of nitrogen functional groups attached to an aromatic ring is 1. The van der Waals surface area contributed by atoms with Gasteiger partial charge in [-0.2, -0.15) is 18.3 Å². The molecule has 1 aliphatic heterocycles. The molecule has 5 aromatic rings. The Morgan fingerprint density at radius 2 is 1.79 bits per heavy atom. The number of aromatic nitrogens is 5. The van der Waals surface area contributed by atoms with Crippen LogP contribution in [0.1, 0.15) is 21.5 Å². The molecule has 1 saturated heterocycles. The maximum absolute atomic E-state index is 13.5. The van der Waals surface area contributed by atoms with E-state index in [0.717, 1.165) is 31.3 Å². The van der Waals surface area contributed by atoms with Crippen molar-refractivity contribution in [3.8, 4) is 28.3 Å². The molecule has 4 aromatic heterocycles. The Hall–Kier alpha value is -5.04. The minimum Gasteiger partial charge on any atom is -0.496 e. The second-order valence-corrected chi connectivity index (χ2v) is 10.1. The van der Waals surface area contributed by atoms with Gasteiger partial charge in [0.15, 0.2) is 5.65 Å². The lowest BCUT2D eigenvalue weighted by atomic mass is 10.1. The molecule has 0 bridgehead atoms. The molecule has 0 radical (unpaired) electrons. The number of fused-ring (bicyclic) bond motifs is 1. The van der Waals surface area contributed by atoms with Crippen LogP contribution in [0.4, 0.5) is 19.0 Å². The summed E-state index contributed by atoms with van der Waals surface area (Å²) in [6.07, 6.45) is 1.80. The van der Waals surface area contributed by atoms with Crippen molar-refractivity contribution >= 4 is 17.4 Å². The molecule has 0 saturated carbocycles. The van der Waals surface area contributed by atoms with Gasteiger partial charge < -0.3 is 15.4 Å². The molecule has 0 unspecified atom stereocenters. The van der Waals surface area contributed by atoms with Crippen molar-refractivity contribution in [3.05, 3.63) is 90.0 Å². The summed E-state index contributed by atoms with van der Waals surface area (Å²) in [5, 5.41) is 4.54. The molecule has 0 atom stereocenters. The maximum Gasteiger partial charge on any atom is 0.419 e. The number of carbonyl (C=O) groups is 1. The van der Waals surface area contributed by atoms with E-state index in [0.29, 0.717) is 41.3 Å². The van der Waals surface area contributed by atoms with Crippen molar-refractivity contribution in [1.29, 1.82) is 0 Å². The number of amides is 1. The lowest BCUT2D eigenvalue weighted by Crippen LogP contribution is -2.48. The number of imidazole rings is 1. The summed E-state index contributed by atoms with van der Waals surface area (Å²) in [4.78, 5) is 29.8. The van der Waals surface area contributed by atoms with Gasteiger partial charge in [-0.05, 0) is 42.0 Å². The average molecular weight is 589 g/mol. The number of carbonyl (C=O) groups excluding carboxylic acids is 1. The Balaban J connectivity index is 1.23. The fraction of sp³-hybridized carbons (Fsp3) is 0.233. The molecule has 5 heterocycles. The molecular formula is C30H27F3N8O2. The smallest absolute Gasteiger partial charge is 0.419 e. The molecule has 2 N–H and O–H groups in total. The van der Waals surface area contributed by atoms with E-state index in [1.165, 1.54) is 17.8 Å². The number of benzene rings is 1. The molecule has 1 aliphatic rings. The molecular weight excluding hydrogens is 561 g/mol. The number of nitrogens with zero attached hydrogens (tertiary/aromatic N) is 7. The van der Waals surface area contributed by atoms with Crippen LogP contribution in [-0.2, 0) is 12.7 Å². The van der Waals surface area contributed by atoms with Crippen molar-refractivity contribution in [3.63, 3.8) is 0 Å². The summed E-state index contributed by atoms with van der Waals surface area (Å²) in [6, 6.07) is 13.3. The number of pyridine rings is 2. The minimum absolute atomic E-state index is 0.126. The number of methoxy groups -OCH3 is 1. The van der Waals surface area contributed by atoms with Gasteiger partial charge >= 0.3 is 6.18 Å². The van der Waals surface area contributed by atoms with Crippen molar-refractivity contribution in [1.82, 2.24) is 34.4 Å². The first kappa shape index (κ1) is 28.1. The first-order valence-corrected chi connectivity index (χ1v) is 13.5. The van der Waals surface area contributed by atoms with E-state index >= 15 is 0 Å². The standard InChI is InChI=1S/C30H27F3N8O2/c1-43-26-14-20(4-5-22(26)29(42)40-11-9-39(10-12-40)18-19-3-2-8-35-15-19)25-17-36-27-7-6-24(38-41(25)27)21-13-23(30(31,32)33)28(34)37-16-21/h2-8,13-17H,9-12,18H2,1H3,(H2,34,37). The lowest BCUT2D eigenvalue weighted by Gasteiger charge is -2.35. The fourth-order valence-corrected chi connectivity index (χ4v) is 5.12. The summed E-state index contributed by atoms with van der Waals surface area (Å²) in [5.41, 5.74) is 8.12. The van der Waals surface area contributed by atoms with E-state index < -0.39 is 17.6 Å². The zero-order valence-corrected chi connectivity index (χ0v) is 23.1. The van der Waals surface area contributed by atoms with E-state index in [9.17, 15) is 18.0 Å². The van der Waals surface area contributed by atoms with Crippen molar-refractivity contribution in [2.24, 2.45) is 0 Å². The molecule has 6 rings (SSSR count). The molecule has 1 aromatic carbocycles. The van der Waals surface area contributed by atoms with Gasteiger partial charge in [0.05, 0.1) is 35.8 Å². The third-order valence-corrected chi connectivity index (χ3v) is 7.40. The number of hydrogen-bond acceptors (Lipinski definition) is 8.